The molecule has 2 aromatic rings. The van der Waals surface area contributed by atoms with Crippen LogP contribution in [-0.4, -0.2) is 49.1 Å². The molecule has 2 aromatic carbocycles. The van der Waals surface area contributed by atoms with Gasteiger partial charge in [-0.05, 0) is 62.2 Å². The lowest BCUT2D eigenvalue weighted by atomic mass is 9.94. The lowest BCUT2D eigenvalue weighted by molar-refractivity contribution is 0.203. The first kappa shape index (κ1) is 18.3. The van der Waals surface area contributed by atoms with Crippen LogP contribution in [0.25, 0.3) is 5.57 Å². The number of benzene rings is 2. The van der Waals surface area contributed by atoms with Gasteiger partial charge in [0.05, 0.1) is 0 Å². The highest BCUT2D eigenvalue weighted by Gasteiger charge is 2.36. The monoisotopic (exact) mass is 362 g/mol. The summed E-state index contributed by atoms with van der Waals surface area (Å²) < 4.78 is 5.83. The fraction of sp³-hybridized carbons (Fsp3) is 0.417. The Morgan fingerprint density at radius 3 is 2.48 bits per heavy atom. The van der Waals surface area contributed by atoms with Crippen LogP contribution in [0.4, 0.5) is 0 Å². The van der Waals surface area contributed by atoms with Gasteiger partial charge in [0.1, 0.15) is 12.4 Å². The summed E-state index contributed by atoms with van der Waals surface area (Å²) in [6.45, 7) is 2.74. The van der Waals surface area contributed by atoms with Crippen LogP contribution in [0.3, 0.4) is 0 Å². The standard InChI is InChI=1S/C24H30N2O/c1-25(2)14-15-27-24-12-8-20(9-13-24)21-16-22-10-11-23(17-21)26(22)18-19-6-4-3-5-7-19/h3-9,12-13,16,22-23H,10-11,14-15,17-18H2,1-2H3. The number of ether oxygens (including phenoxy) is 1. The third-order valence-electron chi connectivity index (χ3n) is 5.78. The second-order valence-corrected chi connectivity index (χ2v) is 8.03. The zero-order valence-electron chi connectivity index (χ0n) is 16.5. The van der Waals surface area contributed by atoms with E-state index in [0.717, 1.165) is 31.9 Å². The van der Waals surface area contributed by atoms with Gasteiger partial charge in [-0.25, -0.2) is 0 Å². The third kappa shape index (κ3) is 4.42. The van der Waals surface area contributed by atoms with Gasteiger partial charge in [-0.1, -0.05) is 48.5 Å². The van der Waals surface area contributed by atoms with E-state index >= 15 is 0 Å². The molecule has 0 N–H and O–H groups in total. The second-order valence-electron chi connectivity index (χ2n) is 8.03. The molecule has 2 aliphatic rings. The molecule has 2 heterocycles. The van der Waals surface area contributed by atoms with Crippen molar-refractivity contribution in [1.29, 1.82) is 0 Å². The van der Waals surface area contributed by atoms with Crippen molar-refractivity contribution in [3.8, 4) is 5.75 Å². The summed E-state index contributed by atoms with van der Waals surface area (Å²) in [7, 11) is 4.13. The van der Waals surface area contributed by atoms with Crippen LogP contribution in [0.5, 0.6) is 5.75 Å². The zero-order valence-corrected chi connectivity index (χ0v) is 16.5. The normalized spacial score (nSPS) is 22.1. The molecular formula is C24H30N2O. The molecule has 2 unspecified atom stereocenters. The van der Waals surface area contributed by atoms with E-state index in [2.05, 4.69) is 84.6 Å². The van der Waals surface area contributed by atoms with E-state index in [1.54, 1.807) is 0 Å². The smallest absolute Gasteiger partial charge is 0.119 e. The van der Waals surface area contributed by atoms with Crippen molar-refractivity contribution < 1.29 is 4.74 Å². The minimum Gasteiger partial charge on any atom is -0.492 e. The van der Waals surface area contributed by atoms with Gasteiger partial charge in [0, 0.05) is 25.2 Å². The van der Waals surface area contributed by atoms with Crippen LogP contribution in [0.1, 0.15) is 30.4 Å². The summed E-state index contributed by atoms with van der Waals surface area (Å²) in [4.78, 5) is 4.83. The van der Waals surface area contributed by atoms with E-state index in [1.165, 1.54) is 29.5 Å². The molecule has 0 spiro atoms. The lowest BCUT2D eigenvalue weighted by Gasteiger charge is -2.34. The minimum atomic E-state index is 0.579. The van der Waals surface area contributed by atoms with E-state index in [4.69, 9.17) is 4.74 Å². The summed E-state index contributed by atoms with van der Waals surface area (Å²) in [5.41, 5.74) is 4.28. The number of rotatable bonds is 7. The second kappa shape index (κ2) is 8.28. The molecule has 1 saturated heterocycles. The average Bonchev–Trinajstić information content (AvgIpc) is 2.90. The molecule has 0 aromatic heterocycles. The zero-order chi connectivity index (χ0) is 18.6. The maximum atomic E-state index is 5.83. The van der Waals surface area contributed by atoms with Crippen molar-refractivity contribution in [1.82, 2.24) is 9.80 Å². The molecule has 3 nitrogen and oxygen atoms in total. The van der Waals surface area contributed by atoms with Crippen LogP contribution >= 0.6 is 0 Å². The van der Waals surface area contributed by atoms with Crippen LogP contribution in [-0.2, 0) is 6.54 Å². The van der Waals surface area contributed by atoms with E-state index in [0.29, 0.717) is 12.1 Å². The van der Waals surface area contributed by atoms with Gasteiger partial charge in [-0.2, -0.15) is 0 Å². The SMILES string of the molecule is CN(C)CCOc1ccc(C2=CC3CCC(C2)N3Cc2ccccc2)cc1. The Kier molecular flexibility index (Phi) is 5.61. The highest BCUT2D eigenvalue weighted by molar-refractivity contribution is 5.68. The highest BCUT2D eigenvalue weighted by Crippen LogP contribution is 2.39. The first-order valence-electron chi connectivity index (χ1n) is 10.1. The molecule has 0 saturated carbocycles. The van der Waals surface area contributed by atoms with Crippen molar-refractivity contribution in [2.45, 2.75) is 37.9 Å². The van der Waals surface area contributed by atoms with Crippen molar-refractivity contribution in [2.75, 3.05) is 27.2 Å². The molecule has 0 aliphatic carbocycles. The Bertz CT molecular complexity index is 767. The highest BCUT2D eigenvalue weighted by atomic mass is 16.5. The van der Waals surface area contributed by atoms with Crippen LogP contribution in [0.2, 0.25) is 0 Å². The Morgan fingerprint density at radius 2 is 1.78 bits per heavy atom. The summed E-state index contributed by atoms with van der Waals surface area (Å²) in [6.07, 6.45) is 6.26. The van der Waals surface area contributed by atoms with Gasteiger partial charge in [-0.15, -0.1) is 0 Å². The van der Waals surface area contributed by atoms with Gasteiger partial charge >= 0.3 is 0 Å². The topological polar surface area (TPSA) is 15.7 Å². The molecule has 0 radical (unpaired) electrons. The first-order chi connectivity index (χ1) is 13.2. The maximum Gasteiger partial charge on any atom is 0.119 e. The van der Waals surface area contributed by atoms with Crippen LogP contribution in [0, 0.1) is 0 Å². The fourth-order valence-electron chi connectivity index (χ4n) is 4.28. The summed E-state index contributed by atoms with van der Waals surface area (Å²) >= 11 is 0. The summed E-state index contributed by atoms with van der Waals surface area (Å²) in [5, 5.41) is 0. The molecule has 4 rings (SSSR count). The quantitative estimate of drug-likeness (QED) is 0.724. The Labute approximate surface area is 163 Å². The van der Waals surface area contributed by atoms with E-state index in [-0.39, 0.29) is 0 Å². The fourth-order valence-corrected chi connectivity index (χ4v) is 4.28. The minimum absolute atomic E-state index is 0.579. The first-order valence-corrected chi connectivity index (χ1v) is 10.1. The Hall–Kier alpha value is -2.10. The number of nitrogens with zero attached hydrogens (tertiary/aromatic N) is 2. The molecular weight excluding hydrogens is 332 g/mol. The van der Waals surface area contributed by atoms with E-state index in [1.807, 2.05) is 0 Å². The predicted molar refractivity (Wildman–Crippen MR) is 112 cm³/mol. The predicted octanol–water partition coefficient (Wildman–Crippen LogP) is 4.45. The molecule has 0 amide bonds. The number of likely N-dealkylation sites (N-methyl/N-ethyl adjacent to an activating group) is 1. The van der Waals surface area contributed by atoms with Crippen molar-refractivity contribution in [3.05, 3.63) is 71.8 Å². The van der Waals surface area contributed by atoms with Gasteiger partial charge in [0.2, 0.25) is 0 Å². The lowest BCUT2D eigenvalue weighted by Crippen LogP contribution is -2.37. The van der Waals surface area contributed by atoms with E-state index in [9.17, 15) is 0 Å². The third-order valence-corrected chi connectivity index (χ3v) is 5.78. The molecule has 3 heteroatoms. The number of fused-ring (bicyclic) bond motifs is 2. The summed E-state index contributed by atoms with van der Waals surface area (Å²) in [6, 6.07) is 20.8. The van der Waals surface area contributed by atoms with Crippen molar-refractivity contribution >= 4 is 5.57 Å². The Balaban J connectivity index is 1.41. The molecule has 27 heavy (non-hydrogen) atoms. The molecule has 142 valence electrons. The number of hydrogen-bond acceptors (Lipinski definition) is 3. The Morgan fingerprint density at radius 1 is 1.00 bits per heavy atom. The van der Waals surface area contributed by atoms with Crippen LogP contribution < -0.4 is 4.74 Å². The molecule has 2 atom stereocenters. The summed E-state index contributed by atoms with van der Waals surface area (Å²) in [5.74, 6) is 0.964. The average molecular weight is 363 g/mol. The van der Waals surface area contributed by atoms with Gasteiger partial charge in [0.15, 0.2) is 0 Å². The van der Waals surface area contributed by atoms with Gasteiger partial charge < -0.3 is 9.64 Å². The van der Waals surface area contributed by atoms with E-state index < -0.39 is 0 Å². The van der Waals surface area contributed by atoms with Gasteiger partial charge in [-0.3, -0.25) is 4.90 Å². The number of hydrogen-bond donors (Lipinski definition) is 0. The van der Waals surface area contributed by atoms with Crippen molar-refractivity contribution in [3.63, 3.8) is 0 Å². The maximum absolute atomic E-state index is 5.83. The molecule has 2 bridgehead atoms. The van der Waals surface area contributed by atoms with Gasteiger partial charge in [0.25, 0.3) is 0 Å². The molecule has 2 aliphatic heterocycles. The molecule has 1 fully saturated rings. The van der Waals surface area contributed by atoms with Crippen LogP contribution in [0.15, 0.2) is 60.7 Å². The van der Waals surface area contributed by atoms with Crippen molar-refractivity contribution in [2.24, 2.45) is 0 Å². The largest absolute Gasteiger partial charge is 0.492 e.